The molecular formula is C17H15NO2S. The molecule has 0 atom stereocenters. The molecule has 0 amide bonds. The van der Waals surface area contributed by atoms with E-state index in [-0.39, 0.29) is 5.75 Å². The lowest BCUT2D eigenvalue weighted by molar-refractivity contribution is 0.595. The number of aryl methyl sites for hydroxylation is 1. The van der Waals surface area contributed by atoms with Crippen LogP contribution in [0.25, 0.3) is 10.9 Å². The molecule has 1 heterocycles. The zero-order valence-corrected chi connectivity index (χ0v) is 12.3. The lowest BCUT2D eigenvalue weighted by Gasteiger charge is -2.07. The third kappa shape index (κ3) is 2.95. The van der Waals surface area contributed by atoms with E-state index < -0.39 is 9.84 Å². The largest absolute Gasteiger partial charge is 0.256 e. The van der Waals surface area contributed by atoms with E-state index >= 15 is 0 Å². The zero-order valence-electron chi connectivity index (χ0n) is 11.4. The number of sulfone groups is 1. The van der Waals surface area contributed by atoms with Crippen LogP contribution in [-0.2, 0) is 16.3 Å². The Hall–Kier alpha value is -2.20. The fraction of sp³-hybridized carbons (Fsp3) is 0.118. The summed E-state index contributed by atoms with van der Waals surface area (Å²) >= 11 is 0. The molecule has 0 N–H and O–H groups in total. The van der Waals surface area contributed by atoms with E-state index in [1.807, 2.05) is 36.4 Å². The van der Waals surface area contributed by atoms with Crippen LogP contribution in [0.5, 0.6) is 0 Å². The zero-order chi connectivity index (χ0) is 14.7. The fourth-order valence-electron chi connectivity index (χ4n) is 2.36. The minimum Gasteiger partial charge on any atom is -0.256 e. The molecule has 4 heteroatoms. The van der Waals surface area contributed by atoms with Gasteiger partial charge in [0.1, 0.15) is 0 Å². The Morgan fingerprint density at radius 3 is 2.38 bits per heavy atom. The van der Waals surface area contributed by atoms with Crippen LogP contribution in [0.15, 0.2) is 71.8 Å². The molecule has 2 aromatic carbocycles. The lowest BCUT2D eigenvalue weighted by Crippen LogP contribution is -2.09. The van der Waals surface area contributed by atoms with Crippen molar-refractivity contribution in [1.82, 2.24) is 4.98 Å². The molecule has 21 heavy (non-hydrogen) atoms. The first-order valence-electron chi connectivity index (χ1n) is 6.77. The van der Waals surface area contributed by atoms with Crippen molar-refractivity contribution in [2.24, 2.45) is 0 Å². The first kappa shape index (κ1) is 13.8. The molecular weight excluding hydrogens is 282 g/mol. The Morgan fingerprint density at radius 2 is 1.57 bits per heavy atom. The van der Waals surface area contributed by atoms with Gasteiger partial charge in [-0.05, 0) is 36.2 Å². The lowest BCUT2D eigenvalue weighted by atomic mass is 10.1. The van der Waals surface area contributed by atoms with Crippen molar-refractivity contribution in [2.75, 3.05) is 5.75 Å². The Morgan fingerprint density at radius 1 is 0.857 bits per heavy atom. The molecule has 0 saturated carbocycles. The predicted octanol–water partition coefficient (Wildman–Crippen LogP) is 3.25. The molecule has 0 bridgehead atoms. The summed E-state index contributed by atoms with van der Waals surface area (Å²) in [6, 6.07) is 18.3. The third-order valence-electron chi connectivity index (χ3n) is 3.48. The highest BCUT2D eigenvalue weighted by atomic mass is 32.2. The highest BCUT2D eigenvalue weighted by Crippen LogP contribution is 2.18. The summed E-state index contributed by atoms with van der Waals surface area (Å²) in [6.07, 6.45) is 2.22. The van der Waals surface area contributed by atoms with Gasteiger partial charge in [-0.1, -0.05) is 36.4 Å². The molecule has 0 fully saturated rings. The topological polar surface area (TPSA) is 47.0 Å². The molecule has 0 unspecified atom stereocenters. The van der Waals surface area contributed by atoms with Crippen molar-refractivity contribution in [3.05, 3.63) is 72.4 Å². The Bertz CT molecular complexity index is 853. The van der Waals surface area contributed by atoms with E-state index in [1.165, 1.54) is 0 Å². The molecule has 0 saturated heterocycles. The second kappa shape index (κ2) is 5.66. The number of pyridine rings is 1. The normalized spacial score (nSPS) is 11.6. The van der Waals surface area contributed by atoms with Crippen LogP contribution in [0.3, 0.4) is 0 Å². The molecule has 0 aliphatic carbocycles. The van der Waals surface area contributed by atoms with Crippen LogP contribution >= 0.6 is 0 Å². The van der Waals surface area contributed by atoms with E-state index in [1.54, 1.807) is 30.5 Å². The second-order valence-electron chi connectivity index (χ2n) is 4.87. The Labute approximate surface area is 124 Å². The van der Waals surface area contributed by atoms with Crippen LogP contribution in [0.4, 0.5) is 0 Å². The molecule has 0 aliphatic heterocycles. The molecule has 106 valence electrons. The maximum atomic E-state index is 12.3. The summed E-state index contributed by atoms with van der Waals surface area (Å²) < 4.78 is 24.7. The molecule has 3 aromatic rings. The van der Waals surface area contributed by atoms with Crippen LogP contribution in [0.1, 0.15) is 5.56 Å². The standard InChI is InChI=1S/C17H15NO2S/c19-21(20,15-6-2-1-3-7-15)13-11-14-10-12-18-17-9-5-4-8-16(14)17/h1-10,12H,11,13H2. The average molecular weight is 297 g/mol. The monoisotopic (exact) mass is 297 g/mol. The molecule has 0 radical (unpaired) electrons. The van der Waals surface area contributed by atoms with Gasteiger partial charge in [-0.15, -0.1) is 0 Å². The van der Waals surface area contributed by atoms with Crippen molar-refractivity contribution in [1.29, 1.82) is 0 Å². The van der Waals surface area contributed by atoms with Gasteiger partial charge < -0.3 is 0 Å². The molecule has 3 nitrogen and oxygen atoms in total. The number of hydrogen-bond acceptors (Lipinski definition) is 3. The Kier molecular flexibility index (Phi) is 3.71. The van der Waals surface area contributed by atoms with Gasteiger partial charge in [0.15, 0.2) is 9.84 Å². The van der Waals surface area contributed by atoms with Crippen molar-refractivity contribution in [2.45, 2.75) is 11.3 Å². The molecule has 0 aliphatic rings. The van der Waals surface area contributed by atoms with Gasteiger partial charge in [0.2, 0.25) is 0 Å². The highest BCUT2D eigenvalue weighted by Gasteiger charge is 2.14. The fourth-order valence-corrected chi connectivity index (χ4v) is 3.66. The van der Waals surface area contributed by atoms with E-state index in [2.05, 4.69) is 4.98 Å². The summed E-state index contributed by atoms with van der Waals surface area (Å²) in [5.74, 6) is 0.102. The van der Waals surface area contributed by atoms with Crippen LogP contribution in [-0.4, -0.2) is 19.2 Å². The number of benzene rings is 2. The van der Waals surface area contributed by atoms with Gasteiger partial charge in [0.25, 0.3) is 0 Å². The summed E-state index contributed by atoms with van der Waals surface area (Å²) in [5.41, 5.74) is 1.91. The molecule has 1 aromatic heterocycles. The minimum absolute atomic E-state index is 0.102. The maximum Gasteiger partial charge on any atom is 0.178 e. The van der Waals surface area contributed by atoms with Crippen LogP contribution in [0, 0.1) is 0 Å². The van der Waals surface area contributed by atoms with Gasteiger partial charge in [-0.3, -0.25) is 4.98 Å². The maximum absolute atomic E-state index is 12.3. The van der Waals surface area contributed by atoms with Gasteiger partial charge in [0, 0.05) is 11.6 Å². The van der Waals surface area contributed by atoms with Gasteiger partial charge in [-0.2, -0.15) is 0 Å². The number of fused-ring (bicyclic) bond motifs is 1. The van der Waals surface area contributed by atoms with Gasteiger partial charge in [-0.25, -0.2) is 8.42 Å². The summed E-state index contributed by atoms with van der Waals surface area (Å²) in [5, 5.41) is 1.02. The van der Waals surface area contributed by atoms with Gasteiger partial charge in [0.05, 0.1) is 16.2 Å². The average Bonchev–Trinajstić information content (AvgIpc) is 2.54. The molecule has 0 spiro atoms. The van der Waals surface area contributed by atoms with Gasteiger partial charge >= 0.3 is 0 Å². The van der Waals surface area contributed by atoms with E-state index in [0.717, 1.165) is 16.5 Å². The number of para-hydroxylation sites is 1. The summed E-state index contributed by atoms with van der Waals surface area (Å²) in [4.78, 5) is 4.67. The van der Waals surface area contributed by atoms with E-state index in [4.69, 9.17) is 0 Å². The van der Waals surface area contributed by atoms with Crippen LogP contribution in [0.2, 0.25) is 0 Å². The SMILES string of the molecule is O=S(=O)(CCc1ccnc2ccccc12)c1ccccc1. The first-order chi connectivity index (χ1) is 10.2. The smallest absolute Gasteiger partial charge is 0.178 e. The van der Waals surface area contributed by atoms with Crippen molar-refractivity contribution >= 4 is 20.7 Å². The Balaban J connectivity index is 1.87. The first-order valence-corrected chi connectivity index (χ1v) is 8.42. The van der Waals surface area contributed by atoms with Crippen molar-refractivity contribution in [3.8, 4) is 0 Å². The van der Waals surface area contributed by atoms with Crippen LogP contribution < -0.4 is 0 Å². The summed E-state index contributed by atoms with van der Waals surface area (Å²) in [6.45, 7) is 0. The quantitative estimate of drug-likeness (QED) is 0.742. The summed E-state index contributed by atoms with van der Waals surface area (Å²) in [7, 11) is -3.25. The minimum atomic E-state index is -3.25. The number of hydrogen-bond donors (Lipinski definition) is 0. The second-order valence-corrected chi connectivity index (χ2v) is 6.98. The number of rotatable bonds is 4. The highest BCUT2D eigenvalue weighted by molar-refractivity contribution is 7.91. The number of aromatic nitrogens is 1. The third-order valence-corrected chi connectivity index (χ3v) is 5.21. The molecule has 3 rings (SSSR count). The van der Waals surface area contributed by atoms with Crippen molar-refractivity contribution < 1.29 is 8.42 Å². The van der Waals surface area contributed by atoms with E-state index in [9.17, 15) is 8.42 Å². The van der Waals surface area contributed by atoms with Crippen molar-refractivity contribution in [3.63, 3.8) is 0 Å². The number of nitrogens with zero attached hydrogens (tertiary/aromatic N) is 1. The van der Waals surface area contributed by atoms with E-state index in [0.29, 0.717) is 11.3 Å². The predicted molar refractivity (Wildman–Crippen MR) is 83.9 cm³/mol.